The molecule has 0 bridgehead atoms. The van der Waals surface area contributed by atoms with Crippen LogP contribution in [0.2, 0.25) is 0 Å². The molecule has 0 fully saturated rings. The number of primary amides is 2. The summed E-state index contributed by atoms with van der Waals surface area (Å²) in [4.78, 5) is 52.0. The zero-order chi connectivity index (χ0) is 45.7. The minimum absolute atomic E-state index is 0.0292. The maximum absolute atomic E-state index is 12.9. The van der Waals surface area contributed by atoms with Crippen molar-refractivity contribution >= 4 is 52.3 Å². The SMILES string of the molecule is COC(=O)CCN(C(=O)OC(C)(C)C)c1cnn(C/C=C/COc2cc(C(N)=O)cc(N)c2NC/C=C/CNc2c(N)cc(C(N)=O)cc2OCCOCCOCCN(C)C)c1. The van der Waals surface area contributed by atoms with E-state index in [2.05, 4.69) is 15.7 Å². The summed E-state index contributed by atoms with van der Waals surface area (Å²) >= 11 is 0. The van der Waals surface area contributed by atoms with Crippen LogP contribution in [0.3, 0.4) is 0 Å². The van der Waals surface area contributed by atoms with Crippen LogP contribution in [0, 0.1) is 0 Å². The van der Waals surface area contributed by atoms with Crippen LogP contribution in [-0.4, -0.2) is 131 Å². The number of hydrogen-bond acceptors (Lipinski definition) is 16. The fourth-order valence-electron chi connectivity index (χ4n) is 5.36. The Labute approximate surface area is 362 Å². The second kappa shape index (κ2) is 25.3. The highest BCUT2D eigenvalue weighted by Gasteiger charge is 2.25. The number of methoxy groups -OCH3 is 1. The Kier molecular flexibility index (Phi) is 20.3. The van der Waals surface area contributed by atoms with E-state index in [1.54, 1.807) is 43.8 Å². The van der Waals surface area contributed by atoms with Gasteiger partial charge in [0.25, 0.3) is 0 Å². The van der Waals surface area contributed by atoms with Crippen molar-refractivity contribution in [3.05, 3.63) is 72.1 Å². The van der Waals surface area contributed by atoms with E-state index in [4.69, 9.17) is 51.4 Å². The van der Waals surface area contributed by atoms with Crippen LogP contribution in [0.5, 0.6) is 11.5 Å². The quantitative estimate of drug-likeness (QED) is 0.0278. The maximum Gasteiger partial charge on any atom is 0.414 e. The van der Waals surface area contributed by atoms with E-state index in [0.717, 1.165) is 6.54 Å². The van der Waals surface area contributed by atoms with E-state index in [-0.39, 0.29) is 48.7 Å². The summed E-state index contributed by atoms with van der Waals surface area (Å²) in [6.07, 6.45) is 9.75. The fourth-order valence-corrected chi connectivity index (χ4v) is 5.36. The summed E-state index contributed by atoms with van der Waals surface area (Å²) in [6.45, 7) is 9.18. The molecule has 0 saturated heterocycles. The van der Waals surface area contributed by atoms with Crippen molar-refractivity contribution in [2.75, 3.05) is 114 Å². The fraction of sp³-hybridized carbons (Fsp3) is 0.452. The number of nitrogens with zero attached hydrogens (tertiary/aromatic N) is 4. The molecule has 0 aliphatic heterocycles. The van der Waals surface area contributed by atoms with Gasteiger partial charge >= 0.3 is 12.1 Å². The van der Waals surface area contributed by atoms with Gasteiger partial charge in [0.15, 0.2) is 0 Å². The van der Waals surface area contributed by atoms with E-state index in [0.29, 0.717) is 74.6 Å². The summed E-state index contributed by atoms with van der Waals surface area (Å²) in [6, 6.07) is 5.97. The number of carbonyl (C=O) groups is 4. The number of esters is 1. The van der Waals surface area contributed by atoms with Crippen molar-refractivity contribution in [1.82, 2.24) is 14.7 Å². The van der Waals surface area contributed by atoms with Gasteiger partial charge in [-0.2, -0.15) is 5.10 Å². The Hall–Kier alpha value is -6.51. The summed E-state index contributed by atoms with van der Waals surface area (Å²) in [5, 5.41) is 10.8. The van der Waals surface area contributed by atoms with Crippen molar-refractivity contribution in [3.8, 4) is 11.5 Å². The summed E-state index contributed by atoms with van der Waals surface area (Å²) < 4.78 is 34.9. The molecule has 0 atom stereocenters. The number of nitrogen functional groups attached to an aromatic ring is 2. The minimum Gasteiger partial charge on any atom is -0.489 e. The second-order valence-corrected chi connectivity index (χ2v) is 14.9. The number of amides is 3. The van der Waals surface area contributed by atoms with E-state index in [9.17, 15) is 19.2 Å². The van der Waals surface area contributed by atoms with Gasteiger partial charge in [0, 0.05) is 43.5 Å². The molecular weight excluding hydrogens is 805 g/mol. The highest BCUT2D eigenvalue weighted by Crippen LogP contribution is 2.34. The minimum atomic E-state index is -0.746. The predicted octanol–water partition coefficient (Wildman–Crippen LogP) is 3.24. The van der Waals surface area contributed by atoms with Crippen LogP contribution in [0.4, 0.5) is 33.2 Å². The van der Waals surface area contributed by atoms with E-state index >= 15 is 0 Å². The molecule has 1 heterocycles. The highest BCUT2D eigenvalue weighted by molar-refractivity contribution is 5.97. The second-order valence-electron chi connectivity index (χ2n) is 14.9. The van der Waals surface area contributed by atoms with Crippen LogP contribution in [0.25, 0.3) is 0 Å². The van der Waals surface area contributed by atoms with Crippen LogP contribution >= 0.6 is 0 Å². The van der Waals surface area contributed by atoms with Gasteiger partial charge in [-0.25, -0.2) is 4.79 Å². The number of hydrogen-bond donors (Lipinski definition) is 6. The third kappa shape index (κ3) is 17.6. The Morgan fingerprint density at radius 3 is 1.89 bits per heavy atom. The molecule has 20 heteroatoms. The van der Waals surface area contributed by atoms with Crippen molar-refractivity contribution in [2.24, 2.45) is 11.5 Å². The number of aromatic nitrogens is 2. The van der Waals surface area contributed by atoms with E-state index in [1.807, 2.05) is 31.1 Å². The maximum atomic E-state index is 12.9. The monoisotopic (exact) mass is 866 g/mol. The average Bonchev–Trinajstić information content (AvgIpc) is 3.66. The lowest BCUT2D eigenvalue weighted by atomic mass is 10.1. The first-order chi connectivity index (χ1) is 29.5. The molecule has 340 valence electrons. The Morgan fingerprint density at radius 1 is 0.774 bits per heavy atom. The summed E-state index contributed by atoms with van der Waals surface area (Å²) in [5.74, 6) is -1.13. The largest absolute Gasteiger partial charge is 0.489 e. The van der Waals surface area contributed by atoms with Gasteiger partial charge in [0.1, 0.15) is 41.7 Å². The molecule has 3 rings (SSSR count). The molecule has 0 aliphatic rings. The lowest BCUT2D eigenvalue weighted by Crippen LogP contribution is -2.38. The van der Waals surface area contributed by atoms with Crippen molar-refractivity contribution < 1.29 is 47.6 Å². The molecule has 1 aromatic heterocycles. The zero-order valence-electron chi connectivity index (χ0n) is 36.4. The summed E-state index contributed by atoms with van der Waals surface area (Å²) in [7, 11) is 5.23. The third-order valence-corrected chi connectivity index (χ3v) is 8.44. The van der Waals surface area contributed by atoms with Gasteiger partial charge in [0.05, 0.1) is 69.8 Å². The van der Waals surface area contributed by atoms with Gasteiger partial charge in [-0.3, -0.25) is 24.0 Å². The molecule has 0 saturated carbocycles. The number of benzene rings is 2. The number of nitrogens with one attached hydrogen (secondary N) is 2. The van der Waals surface area contributed by atoms with Crippen molar-refractivity contribution in [2.45, 2.75) is 39.3 Å². The molecule has 0 radical (unpaired) electrons. The molecule has 0 aliphatic carbocycles. The molecule has 20 nitrogen and oxygen atoms in total. The molecule has 10 N–H and O–H groups in total. The Morgan fingerprint density at radius 2 is 1.34 bits per heavy atom. The molecule has 3 aromatic rings. The van der Waals surface area contributed by atoms with Crippen LogP contribution < -0.4 is 47.9 Å². The molecular formula is C42H62N10O10. The first-order valence-electron chi connectivity index (χ1n) is 19.9. The number of likely N-dealkylation sites (N-methyl/N-ethyl adjacent to an activating group) is 1. The predicted molar refractivity (Wildman–Crippen MR) is 238 cm³/mol. The van der Waals surface area contributed by atoms with Gasteiger partial charge in [-0.05, 0) is 65.2 Å². The lowest BCUT2D eigenvalue weighted by molar-refractivity contribution is -0.140. The van der Waals surface area contributed by atoms with Gasteiger partial charge < -0.3 is 66.9 Å². The van der Waals surface area contributed by atoms with Gasteiger partial charge in [-0.1, -0.05) is 18.2 Å². The zero-order valence-corrected chi connectivity index (χ0v) is 36.4. The lowest BCUT2D eigenvalue weighted by Gasteiger charge is -2.26. The van der Waals surface area contributed by atoms with Gasteiger partial charge in [-0.15, -0.1) is 0 Å². The number of allylic oxidation sites excluding steroid dienone is 1. The number of rotatable bonds is 27. The Bertz CT molecular complexity index is 1990. The standard InChI is InChI=1S/C42H62N10O10/c1-42(2,3)62-41(56)52(15-11-36(53)57-6)31-27-49-51(28-31)14-9-10-17-60-34-25-29(39(45)54)23-32(43)37(34)47-12-7-8-13-48-38-33(44)24-30(40(46)55)26-35(38)61-22-21-59-20-19-58-18-16-50(4)5/h7-10,23-28,47-48H,11-22,43-44H2,1-6H3,(H2,45,54)(H2,46,55)/b8-7+,10-9+. The number of nitrogens with two attached hydrogens (primary N) is 4. The smallest absolute Gasteiger partial charge is 0.414 e. The van der Waals surface area contributed by atoms with Crippen LogP contribution in [0.1, 0.15) is 47.9 Å². The molecule has 0 unspecified atom stereocenters. The van der Waals surface area contributed by atoms with Gasteiger partial charge in [0.2, 0.25) is 11.8 Å². The van der Waals surface area contributed by atoms with E-state index < -0.39 is 29.5 Å². The number of anilines is 5. The highest BCUT2D eigenvalue weighted by atomic mass is 16.6. The molecule has 0 spiro atoms. The van der Waals surface area contributed by atoms with E-state index in [1.165, 1.54) is 42.5 Å². The molecule has 62 heavy (non-hydrogen) atoms. The van der Waals surface area contributed by atoms with Crippen molar-refractivity contribution in [3.63, 3.8) is 0 Å². The number of ether oxygens (including phenoxy) is 6. The topological polar surface area (TPSA) is 276 Å². The van der Waals surface area contributed by atoms with Crippen molar-refractivity contribution in [1.29, 1.82) is 0 Å². The normalized spacial score (nSPS) is 11.5. The van der Waals surface area contributed by atoms with Crippen LogP contribution in [-0.2, 0) is 30.3 Å². The molecule has 2 aromatic carbocycles. The first kappa shape index (κ1) is 49.8. The van der Waals surface area contributed by atoms with Crippen LogP contribution in [0.15, 0.2) is 61.0 Å². The number of carbonyl (C=O) groups excluding carboxylic acids is 4. The third-order valence-electron chi connectivity index (χ3n) is 8.44. The summed E-state index contributed by atoms with van der Waals surface area (Å²) in [5.41, 5.74) is 25.2. The molecule has 3 amide bonds. The Balaban J connectivity index is 1.58. The average molecular weight is 867 g/mol. The first-order valence-corrected chi connectivity index (χ1v) is 19.9.